The zero-order chi connectivity index (χ0) is 12.4. The standard InChI is InChI=1S/C14H20ClNO/c1-9(10-3-4-10)13(16)8-11-7-12(15)5-6-14(11)17-2/h5-7,9-10,13H,3-4,8,16H2,1-2H3. The van der Waals surface area contributed by atoms with Gasteiger partial charge in [0, 0.05) is 11.1 Å². The lowest BCUT2D eigenvalue weighted by Crippen LogP contribution is -2.31. The van der Waals surface area contributed by atoms with E-state index in [4.69, 9.17) is 22.1 Å². The van der Waals surface area contributed by atoms with Crippen LogP contribution in [0.25, 0.3) is 0 Å². The molecule has 0 aliphatic heterocycles. The van der Waals surface area contributed by atoms with E-state index in [2.05, 4.69) is 6.92 Å². The molecule has 0 amide bonds. The average molecular weight is 254 g/mol. The highest BCUT2D eigenvalue weighted by atomic mass is 35.5. The number of rotatable bonds is 5. The molecule has 1 aromatic carbocycles. The Morgan fingerprint density at radius 2 is 2.18 bits per heavy atom. The molecular formula is C14H20ClNO. The minimum absolute atomic E-state index is 0.190. The van der Waals surface area contributed by atoms with Gasteiger partial charge in [-0.3, -0.25) is 0 Å². The van der Waals surface area contributed by atoms with Crippen LogP contribution < -0.4 is 10.5 Å². The van der Waals surface area contributed by atoms with Crippen LogP contribution in [-0.2, 0) is 6.42 Å². The summed E-state index contributed by atoms with van der Waals surface area (Å²) < 4.78 is 5.34. The molecule has 17 heavy (non-hydrogen) atoms. The third-order valence-corrected chi connectivity index (χ3v) is 3.97. The predicted molar refractivity (Wildman–Crippen MR) is 71.6 cm³/mol. The molecule has 1 saturated carbocycles. The maximum absolute atomic E-state index is 6.27. The normalized spacial score (nSPS) is 18.8. The fourth-order valence-electron chi connectivity index (χ4n) is 2.32. The Bertz CT molecular complexity index is 390. The van der Waals surface area contributed by atoms with Gasteiger partial charge in [-0.15, -0.1) is 0 Å². The Kier molecular flexibility index (Phi) is 3.95. The molecule has 0 spiro atoms. The van der Waals surface area contributed by atoms with Crippen LogP contribution in [0.5, 0.6) is 5.75 Å². The molecule has 2 atom stereocenters. The Morgan fingerprint density at radius 1 is 1.47 bits per heavy atom. The first-order chi connectivity index (χ1) is 8.11. The zero-order valence-corrected chi connectivity index (χ0v) is 11.2. The van der Waals surface area contributed by atoms with E-state index in [1.165, 1.54) is 12.8 Å². The van der Waals surface area contributed by atoms with Crippen molar-refractivity contribution in [2.24, 2.45) is 17.6 Å². The number of nitrogens with two attached hydrogens (primary N) is 1. The summed E-state index contributed by atoms with van der Waals surface area (Å²) in [4.78, 5) is 0. The highest BCUT2D eigenvalue weighted by Gasteiger charge is 2.31. The van der Waals surface area contributed by atoms with E-state index in [0.29, 0.717) is 5.92 Å². The van der Waals surface area contributed by atoms with Gasteiger partial charge in [0.1, 0.15) is 5.75 Å². The van der Waals surface area contributed by atoms with Crippen molar-refractivity contribution in [1.29, 1.82) is 0 Å². The summed E-state index contributed by atoms with van der Waals surface area (Å²) in [6.07, 6.45) is 3.50. The number of halogens is 1. The molecule has 2 N–H and O–H groups in total. The summed E-state index contributed by atoms with van der Waals surface area (Å²) in [6, 6.07) is 5.90. The number of benzene rings is 1. The number of ether oxygens (including phenoxy) is 1. The van der Waals surface area contributed by atoms with Gasteiger partial charge in [0.05, 0.1) is 7.11 Å². The van der Waals surface area contributed by atoms with Crippen molar-refractivity contribution < 1.29 is 4.74 Å². The molecule has 0 saturated heterocycles. The molecule has 2 unspecified atom stereocenters. The maximum Gasteiger partial charge on any atom is 0.122 e. The Balaban J connectivity index is 2.08. The van der Waals surface area contributed by atoms with Crippen LogP contribution in [0.15, 0.2) is 18.2 Å². The number of hydrogen-bond acceptors (Lipinski definition) is 2. The third-order valence-electron chi connectivity index (χ3n) is 3.74. The molecule has 0 aromatic heterocycles. The second-order valence-electron chi connectivity index (χ2n) is 5.02. The third kappa shape index (κ3) is 3.14. The van der Waals surface area contributed by atoms with E-state index in [-0.39, 0.29) is 6.04 Å². The summed E-state index contributed by atoms with van der Waals surface area (Å²) in [5, 5.41) is 0.743. The van der Waals surface area contributed by atoms with E-state index in [1.54, 1.807) is 7.11 Å². The molecule has 1 aromatic rings. The van der Waals surface area contributed by atoms with Crippen LogP contribution in [0.4, 0.5) is 0 Å². The molecule has 2 rings (SSSR count). The smallest absolute Gasteiger partial charge is 0.122 e. The first-order valence-electron chi connectivity index (χ1n) is 6.20. The van der Waals surface area contributed by atoms with Crippen molar-refractivity contribution in [1.82, 2.24) is 0 Å². The predicted octanol–water partition coefficient (Wildman–Crippen LogP) is 3.26. The summed E-state index contributed by atoms with van der Waals surface area (Å²) >= 11 is 6.02. The van der Waals surface area contributed by atoms with Crippen LogP contribution >= 0.6 is 11.6 Å². The van der Waals surface area contributed by atoms with Crippen molar-refractivity contribution in [2.75, 3.05) is 7.11 Å². The SMILES string of the molecule is COc1ccc(Cl)cc1CC(N)C(C)C1CC1. The molecule has 1 fully saturated rings. The molecule has 0 radical (unpaired) electrons. The topological polar surface area (TPSA) is 35.2 Å². The van der Waals surface area contributed by atoms with Gasteiger partial charge in [0.15, 0.2) is 0 Å². The van der Waals surface area contributed by atoms with E-state index in [1.807, 2.05) is 18.2 Å². The van der Waals surface area contributed by atoms with Gasteiger partial charge >= 0.3 is 0 Å². The van der Waals surface area contributed by atoms with Gasteiger partial charge in [-0.1, -0.05) is 18.5 Å². The minimum Gasteiger partial charge on any atom is -0.496 e. The number of hydrogen-bond donors (Lipinski definition) is 1. The molecule has 2 nitrogen and oxygen atoms in total. The van der Waals surface area contributed by atoms with E-state index >= 15 is 0 Å². The van der Waals surface area contributed by atoms with Gasteiger partial charge in [0.25, 0.3) is 0 Å². The van der Waals surface area contributed by atoms with E-state index < -0.39 is 0 Å². The molecule has 0 heterocycles. The van der Waals surface area contributed by atoms with Gasteiger partial charge in [-0.25, -0.2) is 0 Å². The first-order valence-corrected chi connectivity index (χ1v) is 6.57. The average Bonchev–Trinajstić information content (AvgIpc) is 3.12. The monoisotopic (exact) mass is 253 g/mol. The van der Waals surface area contributed by atoms with E-state index in [9.17, 15) is 0 Å². The van der Waals surface area contributed by atoms with Crippen LogP contribution in [0.2, 0.25) is 5.02 Å². The van der Waals surface area contributed by atoms with Gasteiger partial charge in [-0.05, 0) is 54.9 Å². The van der Waals surface area contributed by atoms with Crippen LogP contribution in [-0.4, -0.2) is 13.2 Å². The Hall–Kier alpha value is -0.730. The summed E-state index contributed by atoms with van der Waals surface area (Å²) in [6.45, 7) is 2.25. The maximum atomic E-state index is 6.27. The largest absolute Gasteiger partial charge is 0.496 e. The lowest BCUT2D eigenvalue weighted by Gasteiger charge is -2.20. The van der Waals surface area contributed by atoms with Gasteiger partial charge < -0.3 is 10.5 Å². The summed E-state index contributed by atoms with van der Waals surface area (Å²) in [5.41, 5.74) is 7.38. The van der Waals surface area contributed by atoms with Crippen molar-refractivity contribution in [3.8, 4) is 5.75 Å². The van der Waals surface area contributed by atoms with Crippen LogP contribution in [0, 0.1) is 11.8 Å². The lowest BCUT2D eigenvalue weighted by molar-refractivity contribution is 0.385. The molecule has 1 aliphatic rings. The summed E-state index contributed by atoms with van der Waals surface area (Å²) in [5.74, 6) is 2.29. The first kappa shape index (κ1) is 12.7. The number of methoxy groups -OCH3 is 1. The second kappa shape index (κ2) is 5.28. The van der Waals surface area contributed by atoms with E-state index in [0.717, 1.165) is 28.7 Å². The fourth-order valence-corrected chi connectivity index (χ4v) is 2.51. The molecule has 1 aliphatic carbocycles. The highest BCUT2D eigenvalue weighted by molar-refractivity contribution is 6.30. The highest BCUT2D eigenvalue weighted by Crippen LogP contribution is 2.38. The molecule has 94 valence electrons. The Morgan fingerprint density at radius 3 is 2.76 bits per heavy atom. The molecule has 3 heteroatoms. The van der Waals surface area contributed by atoms with Crippen LogP contribution in [0.3, 0.4) is 0 Å². The fraction of sp³-hybridized carbons (Fsp3) is 0.571. The minimum atomic E-state index is 0.190. The lowest BCUT2D eigenvalue weighted by atomic mass is 9.92. The van der Waals surface area contributed by atoms with Crippen molar-refractivity contribution in [3.63, 3.8) is 0 Å². The quantitative estimate of drug-likeness (QED) is 0.874. The summed E-state index contributed by atoms with van der Waals surface area (Å²) in [7, 11) is 1.68. The van der Waals surface area contributed by atoms with Crippen molar-refractivity contribution in [3.05, 3.63) is 28.8 Å². The zero-order valence-electron chi connectivity index (χ0n) is 10.4. The van der Waals surface area contributed by atoms with Crippen molar-refractivity contribution >= 4 is 11.6 Å². The van der Waals surface area contributed by atoms with Gasteiger partial charge in [0.2, 0.25) is 0 Å². The van der Waals surface area contributed by atoms with Gasteiger partial charge in [-0.2, -0.15) is 0 Å². The Labute approximate surface area is 108 Å². The van der Waals surface area contributed by atoms with Crippen molar-refractivity contribution in [2.45, 2.75) is 32.2 Å². The molecule has 0 bridgehead atoms. The van der Waals surface area contributed by atoms with Crippen LogP contribution in [0.1, 0.15) is 25.3 Å². The molecular weight excluding hydrogens is 234 g/mol. The second-order valence-corrected chi connectivity index (χ2v) is 5.46.